The molecule has 110 valence electrons. The number of nitrogens with zero attached hydrogens (tertiary/aromatic N) is 3. The molecule has 2 aliphatic rings. The SMILES string of the molecule is CC(N)c1nc(C(=O)N2CCC3CCC(C2)N3C)cs1. The van der Waals surface area contributed by atoms with Gasteiger partial charge in [-0.3, -0.25) is 9.69 Å². The second-order valence-electron chi connectivity index (χ2n) is 5.95. The van der Waals surface area contributed by atoms with Gasteiger partial charge in [0, 0.05) is 30.6 Å². The highest BCUT2D eigenvalue weighted by Crippen LogP contribution is 2.29. The largest absolute Gasteiger partial charge is 0.336 e. The Labute approximate surface area is 123 Å². The molecule has 1 aromatic heterocycles. The maximum Gasteiger partial charge on any atom is 0.273 e. The third-order valence-electron chi connectivity index (χ3n) is 4.57. The first kappa shape index (κ1) is 14.0. The van der Waals surface area contributed by atoms with Crippen molar-refractivity contribution in [3.8, 4) is 0 Å². The number of carbonyl (C=O) groups is 1. The summed E-state index contributed by atoms with van der Waals surface area (Å²) in [7, 11) is 2.19. The molecule has 0 spiro atoms. The van der Waals surface area contributed by atoms with Crippen LogP contribution in [0.5, 0.6) is 0 Å². The molecule has 2 bridgehead atoms. The van der Waals surface area contributed by atoms with Gasteiger partial charge in [0.1, 0.15) is 10.7 Å². The van der Waals surface area contributed by atoms with Gasteiger partial charge in [-0.1, -0.05) is 0 Å². The minimum Gasteiger partial charge on any atom is -0.336 e. The van der Waals surface area contributed by atoms with Crippen LogP contribution in [0.15, 0.2) is 5.38 Å². The van der Waals surface area contributed by atoms with Gasteiger partial charge in [-0.15, -0.1) is 11.3 Å². The van der Waals surface area contributed by atoms with Gasteiger partial charge >= 0.3 is 0 Å². The molecule has 0 aromatic carbocycles. The molecular formula is C14H22N4OS. The molecule has 3 atom stereocenters. The van der Waals surface area contributed by atoms with E-state index in [2.05, 4.69) is 16.9 Å². The second kappa shape index (κ2) is 5.42. The van der Waals surface area contributed by atoms with E-state index in [1.54, 1.807) is 0 Å². The molecule has 2 N–H and O–H groups in total. The summed E-state index contributed by atoms with van der Waals surface area (Å²) in [5.41, 5.74) is 6.37. The molecule has 6 heteroatoms. The van der Waals surface area contributed by atoms with E-state index in [9.17, 15) is 4.79 Å². The number of fused-ring (bicyclic) bond motifs is 2. The van der Waals surface area contributed by atoms with E-state index < -0.39 is 0 Å². The molecule has 1 amide bonds. The average Bonchev–Trinajstić information content (AvgIpc) is 2.95. The van der Waals surface area contributed by atoms with E-state index in [4.69, 9.17) is 5.73 Å². The van der Waals surface area contributed by atoms with Gasteiger partial charge in [-0.25, -0.2) is 4.98 Å². The maximum atomic E-state index is 12.6. The van der Waals surface area contributed by atoms with Crippen molar-refractivity contribution in [1.82, 2.24) is 14.8 Å². The number of amides is 1. The van der Waals surface area contributed by atoms with Gasteiger partial charge < -0.3 is 10.6 Å². The van der Waals surface area contributed by atoms with E-state index >= 15 is 0 Å². The lowest BCUT2D eigenvalue weighted by Crippen LogP contribution is -2.39. The van der Waals surface area contributed by atoms with Gasteiger partial charge in [-0.05, 0) is 33.2 Å². The van der Waals surface area contributed by atoms with Crippen molar-refractivity contribution < 1.29 is 4.79 Å². The summed E-state index contributed by atoms with van der Waals surface area (Å²) in [4.78, 5) is 21.4. The van der Waals surface area contributed by atoms with Gasteiger partial charge in [-0.2, -0.15) is 0 Å². The van der Waals surface area contributed by atoms with Crippen LogP contribution in [-0.2, 0) is 0 Å². The lowest BCUT2D eigenvalue weighted by molar-refractivity contribution is 0.0735. The summed E-state index contributed by atoms with van der Waals surface area (Å²) < 4.78 is 0. The quantitative estimate of drug-likeness (QED) is 0.897. The Morgan fingerprint density at radius 2 is 2.20 bits per heavy atom. The Morgan fingerprint density at radius 3 is 2.90 bits per heavy atom. The molecule has 5 nitrogen and oxygen atoms in total. The minimum atomic E-state index is -0.104. The summed E-state index contributed by atoms with van der Waals surface area (Å²) in [5.74, 6) is 0.0640. The van der Waals surface area contributed by atoms with E-state index in [0.29, 0.717) is 17.8 Å². The molecule has 2 aliphatic heterocycles. The Kier molecular flexibility index (Phi) is 3.79. The number of rotatable bonds is 2. The highest BCUT2D eigenvalue weighted by atomic mass is 32.1. The number of hydrogen-bond acceptors (Lipinski definition) is 5. The fourth-order valence-electron chi connectivity index (χ4n) is 3.25. The lowest BCUT2D eigenvalue weighted by Gasteiger charge is -2.25. The van der Waals surface area contributed by atoms with Crippen LogP contribution in [0, 0.1) is 0 Å². The topological polar surface area (TPSA) is 62.5 Å². The van der Waals surface area contributed by atoms with Crippen molar-refractivity contribution >= 4 is 17.2 Å². The first-order chi connectivity index (χ1) is 9.56. The number of hydrogen-bond donors (Lipinski definition) is 1. The molecule has 3 unspecified atom stereocenters. The molecule has 0 aliphatic carbocycles. The van der Waals surface area contributed by atoms with Crippen LogP contribution < -0.4 is 5.73 Å². The molecule has 3 rings (SSSR count). The van der Waals surface area contributed by atoms with E-state index in [1.165, 1.54) is 24.2 Å². The zero-order chi connectivity index (χ0) is 14.3. The molecule has 0 radical (unpaired) electrons. The summed E-state index contributed by atoms with van der Waals surface area (Å²) >= 11 is 1.48. The van der Waals surface area contributed by atoms with Gasteiger partial charge in [0.2, 0.25) is 0 Å². The van der Waals surface area contributed by atoms with Crippen LogP contribution in [0.1, 0.15) is 47.7 Å². The third kappa shape index (κ3) is 2.47. The highest BCUT2D eigenvalue weighted by Gasteiger charge is 2.36. The fraction of sp³-hybridized carbons (Fsp3) is 0.714. The predicted octanol–water partition coefficient (Wildman–Crippen LogP) is 1.47. The zero-order valence-electron chi connectivity index (χ0n) is 12.1. The summed E-state index contributed by atoms with van der Waals surface area (Å²) in [6.45, 7) is 3.57. The van der Waals surface area contributed by atoms with E-state index in [1.807, 2.05) is 17.2 Å². The summed E-state index contributed by atoms with van der Waals surface area (Å²) in [6, 6.07) is 1.05. The van der Waals surface area contributed by atoms with Crippen molar-refractivity contribution in [2.75, 3.05) is 20.1 Å². The zero-order valence-corrected chi connectivity index (χ0v) is 12.9. The molecule has 0 saturated carbocycles. The van der Waals surface area contributed by atoms with Crippen LogP contribution in [0.2, 0.25) is 0 Å². The van der Waals surface area contributed by atoms with Crippen LogP contribution in [-0.4, -0.2) is 52.9 Å². The first-order valence-electron chi connectivity index (χ1n) is 7.28. The van der Waals surface area contributed by atoms with Crippen molar-refractivity contribution in [2.45, 2.75) is 44.3 Å². The minimum absolute atomic E-state index is 0.0640. The van der Waals surface area contributed by atoms with E-state index in [-0.39, 0.29) is 11.9 Å². The highest BCUT2D eigenvalue weighted by molar-refractivity contribution is 7.09. The lowest BCUT2D eigenvalue weighted by atomic mass is 10.1. The third-order valence-corrected chi connectivity index (χ3v) is 5.61. The maximum absolute atomic E-state index is 12.6. The molecule has 3 heterocycles. The molecule has 1 aromatic rings. The second-order valence-corrected chi connectivity index (χ2v) is 6.84. The van der Waals surface area contributed by atoms with Crippen molar-refractivity contribution in [3.63, 3.8) is 0 Å². The normalized spacial score (nSPS) is 28.4. The van der Waals surface area contributed by atoms with Crippen LogP contribution in [0.4, 0.5) is 0 Å². The Balaban J connectivity index is 1.73. The average molecular weight is 294 g/mol. The molecular weight excluding hydrogens is 272 g/mol. The van der Waals surface area contributed by atoms with Gasteiger partial charge in [0.15, 0.2) is 0 Å². The van der Waals surface area contributed by atoms with Crippen molar-refractivity contribution in [1.29, 1.82) is 0 Å². The monoisotopic (exact) mass is 294 g/mol. The van der Waals surface area contributed by atoms with E-state index in [0.717, 1.165) is 24.5 Å². The number of likely N-dealkylation sites (N-methyl/N-ethyl adjacent to an activating group) is 1. The van der Waals surface area contributed by atoms with Crippen LogP contribution in [0.25, 0.3) is 0 Å². The summed E-state index contributed by atoms with van der Waals surface area (Å²) in [6.07, 6.45) is 3.55. The van der Waals surface area contributed by atoms with Gasteiger partial charge in [0.05, 0.1) is 6.04 Å². The fourth-order valence-corrected chi connectivity index (χ4v) is 4.00. The summed E-state index contributed by atoms with van der Waals surface area (Å²) in [5, 5.41) is 2.68. The Bertz CT molecular complexity index is 501. The molecule has 20 heavy (non-hydrogen) atoms. The first-order valence-corrected chi connectivity index (χ1v) is 8.16. The van der Waals surface area contributed by atoms with Crippen molar-refractivity contribution in [3.05, 3.63) is 16.1 Å². The predicted molar refractivity (Wildman–Crippen MR) is 79.8 cm³/mol. The molecule has 2 fully saturated rings. The Hall–Kier alpha value is -0.980. The Morgan fingerprint density at radius 1 is 1.45 bits per heavy atom. The van der Waals surface area contributed by atoms with Crippen molar-refractivity contribution in [2.24, 2.45) is 5.73 Å². The number of thiazole rings is 1. The molecule has 2 saturated heterocycles. The standard InChI is InChI=1S/C14H22N4OS/c1-9(15)13-16-12(8-20-13)14(19)18-6-5-10-3-4-11(7-18)17(10)2/h8-11H,3-7,15H2,1-2H3. The smallest absolute Gasteiger partial charge is 0.273 e. The van der Waals surface area contributed by atoms with Gasteiger partial charge in [0.25, 0.3) is 5.91 Å². The van der Waals surface area contributed by atoms with Crippen LogP contribution in [0.3, 0.4) is 0 Å². The number of carbonyl (C=O) groups excluding carboxylic acids is 1. The number of nitrogens with two attached hydrogens (primary N) is 1. The number of aromatic nitrogens is 1. The number of likely N-dealkylation sites (tertiary alicyclic amines) is 1. The van der Waals surface area contributed by atoms with Crippen LogP contribution >= 0.6 is 11.3 Å².